The fourth-order valence-corrected chi connectivity index (χ4v) is 4.57. The van der Waals surface area contributed by atoms with Gasteiger partial charge in [-0.15, -0.1) is 0 Å². The maximum Gasteiger partial charge on any atom is 0.182 e. The molecular weight excluding hydrogens is 464 g/mol. The second-order valence-electron chi connectivity index (χ2n) is 8.14. The molecule has 0 unspecified atom stereocenters. The minimum atomic E-state index is 0.463. The summed E-state index contributed by atoms with van der Waals surface area (Å²) in [5, 5.41) is 1.31. The summed E-state index contributed by atoms with van der Waals surface area (Å²) in [5.41, 5.74) is 7.55. The maximum atomic E-state index is 4.70. The van der Waals surface area contributed by atoms with E-state index in [-0.39, 0.29) is 0 Å². The van der Waals surface area contributed by atoms with Gasteiger partial charge < -0.3 is 29.9 Å². The molecule has 0 fully saturated rings. The molecule has 0 saturated heterocycles. The van der Waals surface area contributed by atoms with Crippen LogP contribution in [-0.4, -0.2) is 79.7 Å². The second-order valence-corrected chi connectivity index (χ2v) is 8.14. The summed E-state index contributed by atoms with van der Waals surface area (Å²) in [7, 11) is 0. The van der Waals surface area contributed by atoms with Gasteiger partial charge in [0.2, 0.25) is 0 Å². The van der Waals surface area contributed by atoms with Crippen molar-refractivity contribution in [3.63, 3.8) is 0 Å². The van der Waals surface area contributed by atoms with Gasteiger partial charge >= 0.3 is 0 Å². The fraction of sp³-hybridized carbons (Fsp3) is 0. The zero-order valence-corrected chi connectivity index (χ0v) is 17.8. The molecule has 8 bridgehead atoms. The van der Waals surface area contributed by atoms with Gasteiger partial charge in [0.25, 0.3) is 0 Å². The predicted molar refractivity (Wildman–Crippen MR) is 125 cm³/mol. The Labute approximate surface area is 194 Å². The molecule has 0 spiro atoms. The van der Waals surface area contributed by atoms with Crippen LogP contribution in [0.15, 0.2) is 25.3 Å². The Morgan fingerprint density at radius 1 is 0.444 bits per heavy atom. The van der Waals surface area contributed by atoms with E-state index in [1.807, 2.05) is 0 Å². The summed E-state index contributed by atoms with van der Waals surface area (Å²) in [4.78, 5) is 64.8. The topological polar surface area (TPSA) is 224 Å². The van der Waals surface area contributed by atoms with E-state index < -0.39 is 0 Å². The number of nitrogens with one attached hydrogen (secondary N) is 6. The van der Waals surface area contributed by atoms with Crippen LogP contribution in [0.1, 0.15) is 0 Å². The van der Waals surface area contributed by atoms with Gasteiger partial charge in [0.15, 0.2) is 45.2 Å². The SMILES string of the molecule is c1nc2nc3[nH]c2c(n1)c1nc2ncnc(c4nc5nc[nH]c(c6nc7nc[nH]c3=c7[nH]6)-c5[nH]4)c2[nH]1. The molecule has 0 amide bonds. The molecule has 9 rings (SSSR count). The van der Waals surface area contributed by atoms with Crippen LogP contribution in [0.2, 0.25) is 0 Å². The van der Waals surface area contributed by atoms with Gasteiger partial charge in [-0.25, -0.2) is 49.8 Å². The van der Waals surface area contributed by atoms with Gasteiger partial charge in [0.1, 0.15) is 56.8 Å². The van der Waals surface area contributed by atoms with Crippen LogP contribution < -0.4 is 0 Å². The molecule has 0 atom stereocenters. The lowest BCUT2D eigenvalue weighted by Gasteiger charge is -1.98. The average Bonchev–Trinajstić information content (AvgIpc) is 3.69. The molecule has 36 heavy (non-hydrogen) atoms. The Balaban J connectivity index is 1.62. The highest BCUT2D eigenvalue weighted by atomic mass is 15.1. The largest absolute Gasteiger partial charge is 0.341 e. The van der Waals surface area contributed by atoms with Crippen molar-refractivity contribution in [2.45, 2.75) is 0 Å². The first-order valence-corrected chi connectivity index (χ1v) is 10.8. The number of aromatic amines is 6. The van der Waals surface area contributed by atoms with Crippen LogP contribution in [0.4, 0.5) is 0 Å². The Morgan fingerprint density at radius 3 is 1.92 bits per heavy atom. The van der Waals surface area contributed by atoms with Gasteiger partial charge in [-0.2, -0.15) is 0 Å². The highest BCUT2D eigenvalue weighted by Gasteiger charge is 2.17. The second kappa shape index (κ2) is 6.00. The highest BCUT2D eigenvalue weighted by Crippen LogP contribution is 2.27. The molecule has 3 aliphatic heterocycles. The molecule has 3 aliphatic rings. The third-order valence-corrected chi connectivity index (χ3v) is 6.16. The van der Waals surface area contributed by atoms with Gasteiger partial charge in [-0.1, -0.05) is 0 Å². The summed E-state index contributed by atoms with van der Waals surface area (Å²) < 4.78 is 0. The monoisotopic (exact) mass is 474 g/mol. The van der Waals surface area contributed by atoms with Crippen molar-refractivity contribution in [3.05, 3.63) is 36.0 Å². The minimum absolute atomic E-state index is 0.463. The van der Waals surface area contributed by atoms with Gasteiger partial charge in [0.05, 0.1) is 12.7 Å². The summed E-state index contributed by atoms with van der Waals surface area (Å²) >= 11 is 0. The molecule has 0 aliphatic carbocycles. The van der Waals surface area contributed by atoms with E-state index in [0.29, 0.717) is 89.3 Å². The molecule has 0 saturated carbocycles. The summed E-state index contributed by atoms with van der Waals surface area (Å²) in [6.07, 6.45) is 6.01. The fourth-order valence-electron chi connectivity index (χ4n) is 4.57. The van der Waals surface area contributed by atoms with Crippen molar-refractivity contribution in [2.75, 3.05) is 0 Å². The van der Waals surface area contributed by atoms with E-state index in [1.54, 1.807) is 12.7 Å². The van der Waals surface area contributed by atoms with Crippen LogP contribution >= 0.6 is 0 Å². The molecule has 170 valence electrons. The molecule has 0 aromatic carbocycles. The van der Waals surface area contributed by atoms with Crippen LogP contribution in [0, 0.1) is 10.7 Å². The van der Waals surface area contributed by atoms with Crippen molar-refractivity contribution in [2.24, 2.45) is 0 Å². The number of imidazole rings is 4. The van der Waals surface area contributed by atoms with Crippen LogP contribution in [0.25, 0.3) is 78.6 Å². The molecular formula is C20H10N16. The van der Waals surface area contributed by atoms with Gasteiger partial charge in [-0.05, 0) is 0 Å². The minimum Gasteiger partial charge on any atom is -0.341 e. The van der Waals surface area contributed by atoms with E-state index >= 15 is 0 Å². The van der Waals surface area contributed by atoms with E-state index in [4.69, 9.17) is 9.97 Å². The Kier molecular flexibility index (Phi) is 2.94. The lowest BCUT2D eigenvalue weighted by atomic mass is 10.3. The van der Waals surface area contributed by atoms with Crippen LogP contribution in [-0.2, 0) is 0 Å². The van der Waals surface area contributed by atoms with Crippen molar-refractivity contribution in [3.8, 4) is 11.4 Å². The highest BCUT2D eigenvalue weighted by molar-refractivity contribution is 6.03. The third-order valence-electron chi connectivity index (χ3n) is 6.16. The van der Waals surface area contributed by atoms with Crippen molar-refractivity contribution in [1.29, 1.82) is 0 Å². The first kappa shape index (κ1) is 17.6. The number of aromatic nitrogens is 16. The molecule has 16 nitrogen and oxygen atoms in total. The molecule has 16 heteroatoms. The first-order valence-electron chi connectivity index (χ1n) is 10.8. The van der Waals surface area contributed by atoms with E-state index in [0.717, 1.165) is 0 Å². The van der Waals surface area contributed by atoms with Crippen LogP contribution in [0.3, 0.4) is 0 Å². The van der Waals surface area contributed by atoms with Crippen molar-refractivity contribution < 1.29 is 0 Å². The lowest BCUT2D eigenvalue weighted by molar-refractivity contribution is 1.11. The Morgan fingerprint density at radius 2 is 1.08 bits per heavy atom. The third kappa shape index (κ3) is 2.16. The standard InChI is InChI=1S/C20H10N16/c1-21-5-9-13(25-1)33-18(29-9)6-11-15(27-2-22-6)35-20(31-11)8-12-16(28-4-24-8)36-19(32-12)7-10-14(26-3-23-7)34-17(5)30-10/h1-4H,(H,21,25,29,33)(H,23,26,30,34)(H2,22,27,31,35)(H2,24,28,32,36). The van der Waals surface area contributed by atoms with Crippen molar-refractivity contribution in [1.82, 2.24) is 79.7 Å². The summed E-state index contributed by atoms with van der Waals surface area (Å²) in [6, 6.07) is 0. The number of rotatable bonds is 0. The molecule has 9 heterocycles. The number of H-pyrrole nitrogens is 6. The zero-order chi connectivity index (χ0) is 23.4. The van der Waals surface area contributed by atoms with E-state index in [2.05, 4.69) is 69.8 Å². The van der Waals surface area contributed by atoms with E-state index in [1.165, 1.54) is 12.7 Å². The number of nitrogens with zero attached hydrogens (tertiary/aromatic N) is 10. The molecule has 6 aromatic rings. The lowest BCUT2D eigenvalue weighted by Crippen LogP contribution is -1.90. The quantitative estimate of drug-likeness (QED) is 0.185. The smallest absolute Gasteiger partial charge is 0.182 e. The maximum absolute atomic E-state index is 4.70. The summed E-state index contributed by atoms with van der Waals surface area (Å²) in [6.45, 7) is 0. The molecule has 6 aromatic heterocycles. The first-order chi connectivity index (χ1) is 17.8. The normalized spacial score (nSPS) is 12.4. The van der Waals surface area contributed by atoms with Gasteiger partial charge in [-0.3, -0.25) is 0 Å². The number of hydrogen-bond acceptors (Lipinski definition) is 10. The van der Waals surface area contributed by atoms with Crippen LogP contribution in [0.5, 0.6) is 0 Å². The summed E-state index contributed by atoms with van der Waals surface area (Å²) in [5.74, 6) is 0. The van der Waals surface area contributed by atoms with E-state index in [9.17, 15) is 0 Å². The van der Waals surface area contributed by atoms with Gasteiger partial charge in [0, 0.05) is 0 Å². The number of hydrogen-bond donors (Lipinski definition) is 6. The zero-order valence-electron chi connectivity index (χ0n) is 17.8. The molecule has 0 radical (unpaired) electrons. The Bertz CT molecular complexity index is 2390. The number of fused-ring (bicyclic) bond motifs is 8. The predicted octanol–water partition coefficient (Wildman–Crippen LogP) is 1.48. The molecule has 6 N–H and O–H groups in total. The average molecular weight is 474 g/mol. The van der Waals surface area contributed by atoms with Crippen molar-refractivity contribution >= 4 is 67.2 Å². The Hall–Kier alpha value is -5.80.